The molecule has 7 rings (SSSR count). The van der Waals surface area contributed by atoms with Crippen LogP contribution in [0.2, 0.25) is 0 Å². The van der Waals surface area contributed by atoms with Crippen molar-refractivity contribution in [2.45, 2.75) is 113 Å². The van der Waals surface area contributed by atoms with Crippen molar-refractivity contribution in [3.8, 4) is 0 Å². The summed E-state index contributed by atoms with van der Waals surface area (Å²) in [5.74, 6) is 3.13. The third kappa shape index (κ3) is 2.01. The predicted octanol–water partition coefficient (Wildman–Crippen LogP) is 6.98. The first kappa shape index (κ1) is 16.1. The van der Waals surface area contributed by atoms with Crippen molar-refractivity contribution in [2.24, 2.45) is 17.8 Å². The summed E-state index contributed by atoms with van der Waals surface area (Å²) in [6.45, 7) is 0. The van der Waals surface area contributed by atoms with Crippen LogP contribution in [0, 0.1) is 23.8 Å². The van der Waals surface area contributed by atoms with Gasteiger partial charge in [-0.25, -0.2) is 0 Å². The summed E-state index contributed by atoms with van der Waals surface area (Å²) in [5.41, 5.74) is 7.30. The Balaban J connectivity index is 1.46. The lowest BCUT2D eigenvalue weighted by Gasteiger charge is -2.42. The summed E-state index contributed by atoms with van der Waals surface area (Å²) in [7, 11) is 0. The average Bonchev–Trinajstić information content (AvgIpc) is 3.55. The molecular formula is C27H35. The Bertz CT molecular complexity index is 713. The van der Waals surface area contributed by atoms with Gasteiger partial charge in [0.05, 0.1) is 0 Å². The molecule has 0 amide bonds. The van der Waals surface area contributed by atoms with Crippen molar-refractivity contribution < 1.29 is 0 Å². The molecule has 0 heterocycles. The van der Waals surface area contributed by atoms with E-state index in [4.69, 9.17) is 0 Å². The molecule has 6 saturated carbocycles. The molecule has 1 aromatic rings. The first-order valence-corrected chi connectivity index (χ1v) is 12.3. The molecule has 143 valence electrons. The monoisotopic (exact) mass is 359 g/mol. The van der Waals surface area contributed by atoms with E-state index in [0.29, 0.717) is 16.2 Å². The van der Waals surface area contributed by atoms with E-state index in [1.807, 2.05) is 16.7 Å². The van der Waals surface area contributed by atoms with Gasteiger partial charge in [0.15, 0.2) is 0 Å². The molecule has 6 aliphatic carbocycles. The van der Waals surface area contributed by atoms with Gasteiger partial charge in [-0.1, -0.05) is 12.1 Å². The highest BCUT2D eigenvalue weighted by atomic mass is 14.6. The summed E-state index contributed by atoms with van der Waals surface area (Å²) in [5, 5.41) is 0. The number of fused-ring (bicyclic) bond motifs is 6. The van der Waals surface area contributed by atoms with Crippen molar-refractivity contribution in [1.82, 2.24) is 0 Å². The number of rotatable bonds is 3. The van der Waals surface area contributed by atoms with Gasteiger partial charge in [-0.05, 0) is 153 Å². The predicted molar refractivity (Wildman–Crippen MR) is 110 cm³/mol. The summed E-state index contributed by atoms with van der Waals surface area (Å²) in [6.07, 6.45) is 22.5. The maximum atomic E-state index is 3.76. The van der Waals surface area contributed by atoms with Crippen molar-refractivity contribution in [3.63, 3.8) is 0 Å². The summed E-state index contributed by atoms with van der Waals surface area (Å²) in [6, 6.07) is 8.80. The zero-order valence-electron chi connectivity index (χ0n) is 17.0. The average molecular weight is 360 g/mol. The lowest BCUT2D eigenvalue weighted by molar-refractivity contribution is 0.360. The van der Waals surface area contributed by atoms with E-state index in [-0.39, 0.29) is 0 Å². The molecule has 6 fully saturated rings. The Labute approximate surface area is 165 Å². The number of hydrogen-bond acceptors (Lipinski definition) is 0. The molecule has 0 saturated heterocycles. The maximum absolute atomic E-state index is 3.76. The molecule has 6 bridgehead atoms. The Morgan fingerprint density at radius 3 is 1.26 bits per heavy atom. The van der Waals surface area contributed by atoms with Crippen LogP contribution in [0.15, 0.2) is 12.1 Å². The van der Waals surface area contributed by atoms with E-state index in [1.165, 1.54) is 96.3 Å². The third-order valence-corrected chi connectivity index (χ3v) is 10.9. The third-order valence-electron chi connectivity index (χ3n) is 10.9. The van der Waals surface area contributed by atoms with Crippen LogP contribution in [0.1, 0.15) is 113 Å². The zero-order valence-corrected chi connectivity index (χ0v) is 17.0. The van der Waals surface area contributed by atoms with Gasteiger partial charge in [0.25, 0.3) is 0 Å². The second kappa shape index (κ2) is 5.22. The first-order chi connectivity index (χ1) is 13.2. The van der Waals surface area contributed by atoms with Crippen molar-refractivity contribution in [3.05, 3.63) is 34.9 Å². The Morgan fingerprint density at radius 1 is 0.556 bits per heavy atom. The van der Waals surface area contributed by atoms with E-state index in [2.05, 4.69) is 18.2 Å². The van der Waals surface area contributed by atoms with E-state index >= 15 is 0 Å². The van der Waals surface area contributed by atoms with E-state index in [9.17, 15) is 0 Å². The largest absolute Gasteiger partial charge is 0.0503 e. The number of benzene rings is 1. The fraction of sp³-hybridized carbons (Fsp3) is 0.778. The standard InChI is InChI=1S/C27H35/c1-2-22(25-10-4-19(16-25)5-11-25)24(27-14-8-21(18-27)9-15-27)23(3-1)26-12-6-20(17-26)7-13-26/h2-3,19-21H,4-18H2. The maximum Gasteiger partial charge on any atom is -0.00382 e. The van der Waals surface area contributed by atoms with Gasteiger partial charge < -0.3 is 0 Å². The van der Waals surface area contributed by atoms with E-state index in [0.717, 1.165) is 17.8 Å². The summed E-state index contributed by atoms with van der Waals surface area (Å²) >= 11 is 0. The lowest BCUT2D eigenvalue weighted by atomic mass is 9.62. The van der Waals surface area contributed by atoms with Crippen molar-refractivity contribution in [1.29, 1.82) is 0 Å². The minimum atomic E-state index is 0.551. The van der Waals surface area contributed by atoms with Crippen LogP contribution in [-0.2, 0) is 16.2 Å². The molecular weight excluding hydrogens is 324 g/mol. The van der Waals surface area contributed by atoms with Gasteiger partial charge in [-0.15, -0.1) is 0 Å². The quantitative estimate of drug-likeness (QED) is 0.546. The van der Waals surface area contributed by atoms with Crippen LogP contribution in [0.4, 0.5) is 0 Å². The molecule has 0 nitrogen and oxygen atoms in total. The summed E-state index contributed by atoms with van der Waals surface area (Å²) in [4.78, 5) is 0. The van der Waals surface area contributed by atoms with Crippen LogP contribution < -0.4 is 0 Å². The normalized spacial score (nSPS) is 49.6. The molecule has 0 spiro atoms. The molecule has 1 aromatic carbocycles. The molecule has 0 N–H and O–H groups in total. The van der Waals surface area contributed by atoms with E-state index < -0.39 is 0 Å². The Kier molecular flexibility index (Phi) is 3.11. The lowest BCUT2D eigenvalue weighted by Crippen LogP contribution is -2.34. The topological polar surface area (TPSA) is 0 Å². The number of hydrogen-bond donors (Lipinski definition) is 0. The fourth-order valence-electron chi connectivity index (χ4n) is 9.59. The minimum absolute atomic E-state index is 0.551. The zero-order chi connectivity index (χ0) is 17.7. The van der Waals surface area contributed by atoms with Gasteiger partial charge >= 0.3 is 0 Å². The molecule has 6 aliphatic rings. The molecule has 0 atom stereocenters. The highest BCUT2D eigenvalue weighted by molar-refractivity contribution is 5.51. The first-order valence-electron chi connectivity index (χ1n) is 12.3. The van der Waals surface area contributed by atoms with Crippen molar-refractivity contribution in [2.75, 3.05) is 0 Å². The van der Waals surface area contributed by atoms with Crippen LogP contribution in [0.5, 0.6) is 0 Å². The van der Waals surface area contributed by atoms with Crippen molar-refractivity contribution >= 4 is 0 Å². The Morgan fingerprint density at radius 2 is 0.926 bits per heavy atom. The van der Waals surface area contributed by atoms with Crippen LogP contribution in [-0.4, -0.2) is 0 Å². The molecule has 0 aliphatic heterocycles. The van der Waals surface area contributed by atoms with Gasteiger partial charge in [0.2, 0.25) is 0 Å². The second-order valence-corrected chi connectivity index (χ2v) is 11.9. The molecule has 0 heteroatoms. The molecule has 0 aromatic heterocycles. The van der Waals surface area contributed by atoms with Gasteiger partial charge in [-0.3, -0.25) is 0 Å². The van der Waals surface area contributed by atoms with E-state index in [1.54, 1.807) is 0 Å². The highest BCUT2D eigenvalue weighted by Gasteiger charge is 2.55. The van der Waals surface area contributed by atoms with Gasteiger partial charge in [-0.2, -0.15) is 0 Å². The minimum Gasteiger partial charge on any atom is -0.0503 e. The molecule has 27 heavy (non-hydrogen) atoms. The summed E-state index contributed by atoms with van der Waals surface area (Å²) < 4.78 is 0. The SMILES string of the molecule is [c]1cc(C23CCC(CC2)C3)c(C23CCC(CC2)C3)c(C23CCC(CC2)C3)c1. The fourth-order valence-corrected chi connectivity index (χ4v) is 9.59. The second-order valence-electron chi connectivity index (χ2n) is 11.9. The van der Waals surface area contributed by atoms with Gasteiger partial charge in [0.1, 0.15) is 0 Å². The molecule has 1 radical (unpaired) electrons. The smallest absolute Gasteiger partial charge is 0.00382 e. The highest BCUT2D eigenvalue weighted by Crippen LogP contribution is 2.65. The van der Waals surface area contributed by atoms with Crippen LogP contribution >= 0.6 is 0 Å². The van der Waals surface area contributed by atoms with Gasteiger partial charge in [0, 0.05) is 0 Å². The van der Waals surface area contributed by atoms with Crippen LogP contribution in [0.3, 0.4) is 0 Å². The Hall–Kier alpha value is -0.780. The van der Waals surface area contributed by atoms with Crippen LogP contribution in [0.25, 0.3) is 0 Å². The molecule has 0 unspecified atom stereocenters.